The van der Waals surface area contributed by atoms with Crippen molar-refractivity contribution in [3.63, 3.8) is 0 Å². The highest BCUT2D eigenvalue weighted by Gasteiger charge is 2.62. The Kier molecular flexibility index (Phi) is 3.26. The fourth-order valence-electron chi connectivity index (χ4n) is 5.18. The standard InChI is InChI=1S/C19H25NO3/c1-20-11-10-18-8-4-5-9-19(18,21)15(20)12-13-6-7-14(22-2)17(23-3)16(13)18/h4,6-8,15,21H,5,9-12H2,1-3H3/t15-,18+,19-/m1/s1. The molecule has 1 fully saturated rings. The Labute approximate surface area is 137 Å². The monoisotopic (exact) mass is 315 g/mol. The largest absolute Gasteiger partial charge is 0.493 e. The summed E-state index contributed by atoms with van der Waals surface area (Å²) >= 11 is 0. The van der Waals surface area contributed by atoms with Crippen LogP contribution in [0.1, 0.15) is 30.4 Å². The molecule has 0 radical (unpaired) electrons. The minimum Gasteiger partial charge on any atom is -0.493 e. The summed E-state index contributed by atoms with van der Waals surface area (Å²) in [7, 11) is 5.50. The molecule has 124 valence electrons. The van der Waals surface area contributed by atoms with Crippen LogP contribution < -0.4 is 9.47 Å². The van der Waals surface area contributed by atoms with Crippen molar-refractivity contribution in [3.05, 3.63) is 35.4 Å². The molecule has 2 aliphatic carbocycles. The Hall–Kier alpha value is -1.52. The van der Waals surface area contributed by atoms with Crippen LogP contribution in [0, 0.1) is 0 Å². The summed E-state index contributed by atoms with van der Waals surface area (Å²) in [4.78, 5) is 2.33. The number of allylic oxidation sites excluding steroid dienone is 1. The SMILES string of the molecule is COc1ccc2c(c1OC)[C@@]13C=CCC[C@@]1(O)[C@@H](C2)N(C)CC3. The van der Waals surface area contributed by atoms with Crippen molar-refractivity contribution in [1.82, 2.24) is 4.90 Å². The Bertz CT molecular complexity index is 671. The van der Waals surface area contributed by atoms with Gasteiger partial charge in [0.15, 0.2) is 11.5 Å². The van der Waals surface area contributed by atoms with Gasteiger partial charge in [0.25, 0.3) is 0 Å². The number of rotatable bonds is 2. The number of hydrogen-bond donors (Lipinski definition) is 1. The summed E-state index contributed by atoms with van der Waals surface area (Å²) in [5.41, 5.74) is 1.31. The minimum absolute atomic E-state index is 0.159. The van der Waals surface area contributed by atoms with Gasteiger partial charge in [-0.15, -0.1) is 0 Å². The molecule has 4 rings (SSSR count). The molecule has 0 amide bonds. The van der Waals surface area contributed by atoms with Gasteiger partial charge in [-0.2, -0.15) is 0 Å². The van der Waals surface area contributed by atoms with E-state index in [9.17, 15) is 5.11 Å². The summed E-state index contributed by atoms with van der Waals surface area (Å²) in [5.74, 6) is 1.54. The molecule has 1 N–H and O–H groups in total. The number of piperidine rings is 1. The third-order valence-corrected chi connectivity index (χ3v) is 6.30. The molecule has 23 heavy (non-hydrogen) atoms. The highest BCUT2D eigenvalue weighted by Crippen LogP contribution is 2.59. The molecule has 3 aliphatic rings. The average molecular weight is 315 g/mol. The number of benzene rings is 1. The Morgan fingerprint density at radius 3 is 2.78 bits per heavy atom. The molecule has 1 heterocycles. The Balaban J connectivity index is 2.04. The van der Waals surface area contributed by atoms with Crippen molar-refractivity contribution in [2.24, 2.45) is 0 Å². The number of likely N-dealkylation sites (tertiary alicyclic amines) is 1. The lowest BCUT2D eigenvalue weighted by Gasteiger charge is -2.61. The summed E-state index contributed by atoms with van der Waals surface area (Å²) in [6.07, 6.45) is 7.98. The lowest BCUT2D eigenvalue weighted by molar-refractivity contribution is -0.132. The second-order valence-corrected chi connectivity index (χ2v) is 7.12. The lowest BCUT2D eigenvalue weighted by Crippen LogP contribution is -2.70. The van der Waals surface area contributed by atoms with Crippen LogP contribution in [0.2, 0.25) is 0 Å². The number of likely N-dealkylation sites (N-methyl/N-ethyl adjacent to an activating group) is 1. The normalized spacial score (nSPS) is 35.4. The van der Waals surface area contributed by atoms with Crippen LogP contribution in [-0.2, 0) is 11.8 Å². The summed E-state index contributed by atoms with van der Waals surface area (Å²) < 4.78 is 11.3. The number of ether oxygens (including phenoxy) is 2. The molecule has 0 unspecified atom stereocenters. The second kappa shape index (κ2) is 4.99. The first-order chi connectivity index (χ1) is 11.1. The zero-order valence-electron chi connectivity index (χ0n) is 14.1. The quantitative estimate of drug-likeness (QED) is 0.850. The van der Waals surface area contributed by atoms with E-state index in [2.05, 4.69) is 30.2 Å². The molecule has 3 atom stereocenters. The molecule has 0 spiro atoms. The fraction of sp³-hybridized carbons (Fsp3) is 0.579. The first-order valence-electron chi connectivity index (χ1n) is 8.42. The molecule has 1 saturated heterocycles. The zero-order chi connectivity index (χ0) is 16.2. The van der Waals surface area contributed by atoms with E-state index in [0.29, 0.717) is 0 Å². The van der Waals surface area contributed by atoms with Crippen LogP contribution in [0.4, 0.5) is 0 Å². The summed E-state index contributed by atoms with van der Waals surface area (Å²) in [6.45, 7) is 0.983. The van der Waals surface area contributed by atoms with Gasteiger partial charge in [-0.25, -0.2) is 0 Å². The minimum atomic E-state index is -0.735. The zero-order valence-corrected chi connectivity index (χ0v) is 14.1. The van der Waals surface area contributed by atoms with Crippen molar-refractivity contribution in [3.8, 4) is 11.5 Å². The van der Waals surface area contributed by atoms with Crippen molar-refractivity contribution >= 4 is 0 Å². The molecular formula is C19H25NO3. The van der Waals surface area contributed by atoms with Gasteiger partial charge >= 0.3 is 0 Å². The van der Waals surface area contributed by atoms with Gasteiger partial charge in [-0.05, 0) is 50.9 Å². The molecule has 0 saturated carbocycles. The van der Waals surface area contributed by atoms with Crippen LogP contribution in [0.15, 0.2) is 24.3 Å². The molecule has 2 bridgehead atoms. The topological polar surface area (TPSA) is 41.9 Å². The van der Waals surface area contributed by atoms with E-state index in [1.165, 1.54) is 5.56 Å². The molecule has 4 heteroatoms. The van der Waals surface area contributed by atoms with Crippen LogP contribution >= 0.6 is 0 Å². The van der Waals surface area contributed by atoms with Crippen LogP contribution in [-0.4, -0.2) is 49.5 Å². The van der Waals surface area contributed by atoms with Gasteiger partial charge in [0.2, 0.25) is 0 Å². The molecule has 1 aromatic rings. The van der Waals surface area contributed by atoms with Gasteiger partial charge < -0.3 is 19.5 Å². The fourth-order valence-corrected chi connectivity index (χ4v) is 5.18. The van der Waals surface area contributed by atoms with Gasteiger partial charge in [-0.3, -0.25) is 0 Å². The third-order valence-electron chi connectivity index (χ3n) is 6.30. The predicted octanol–water partition coefficient (Wildman–Crippen LogP) is 2.28. The Morgan fingerprint density at radius 1 is 1.22 bits per heavy atom. The van der Waals surface area contributed by atoms with E-state index in [1.54, 1.807) is 14.2 Å². The van der Waals surface area contributed by atoms with Crippen LogP contribution in [0.3, 0.4) is 0 Å². The van der Waals surface area contributed by atoms with Gasteiger partial charge in [0.05, 0.1) is 19.8 Å². The van der Waals surface area contributed by atoms with Crippen molar-refractivity contribution in [1.29, 1.82) is 0 Å². The van der Waals surface area contributed by atoms with Crippen molar-refractivity contribution in [2.75, 3.05) is 27.8 Å². The highest BCUT2D eigenvalue weighted by atomic mass is 16.5. The molecule has 4 nitrogen and oxygen atoms in total. The lowest BCUT2D eigenvalue weighted by atomic mass is 9.51. The highest BCUT2D eigenvalue weighted by molar-refractivity contribution is 5.60. The van der Waals surface area contributed by atoms with Crippen LogP contribution in [0.5, 0.6) is 11.5 Å². The van der Waals surface area contributed by atoms with Crippen molar-refractivity contribution < 1.29 is 14.6 Å². The molecule has 1 aromatic carbocycles. The molecule has 0 aromatic heterocycles. The second-order valence-electron chi connectivity index (χ2n) is 7.12. The smallest absolute Gasteiger partial charge is 0.165 e. The molecule has 1 aliphatic heterocycles. The van der Waals surface area contributed by atoms with Gasteiger partial charge in [0.1, 0.15) is 0 Å². The number of methoxy groups -OCH3 is 2. The number of fused-ring (bicyclic) bond motifs is 1. The first-order valence-corrected chi connectivity index (χ1v) is 8.42. The maximum Gasteiger partial charge on any atom is 0.165 e. The Morgan fingerprint density at radius 2 is 2.04 bits per heavy atom. The van der Waals surface area contributed by atoms with E-state index in [4.69, 9.17) is 9.47 Å². The average Bonchev–Trinajstić information content (AvgIpc) is 2.56. The maximum atomic E-state index is 11.8. The van der Waals surface area contributed by atoms with E-state index >= 15 is 0 Å². The number of nitrogens with zero attached hydrogens (tertiary/aromatic N) is 1. The van der Waals surface area contributed by atoms with Crippen LogP contribution in [0.25, 0.3) is 0 Å². The van der Waals surface area contributed by atoms with E-state index in [-0.39, 0.29) is 11.5 Å². The molecular weight excluding hydrogens is 290 g/mol. The number of aliphatic hydroxyl groups is 1. The van der Waals surface area contributed by atoms with Gasteiger partial charge in [-0.1, -0.05) is 18.2 Å². The first kappa shape index (κ1) is 15.0. The number of hydrogen-bond acceptors (Lipinski definition) is 4. The van der Waals surface area contributed by atoms with E-state index in [1.807, 2.05) is 6.07 Å². The predicted molar refractivity (Wildman–Crippen MR) is 89.3 cm³/mol. The van der Waals surface area contributed by atoms with E-state index < -0.39 is 5.60 Å². The van der Waals surface area contributed by atoms with Gasteiger partial charge in [0, 0.05) is 17.0 Å². The van der Waals surface area contributed by atoms with E-state index in [0.717, 1.165) is 49.3 Å². The summed E-state index contributed by atoms with van der Waals surface area (Å²) in [5, 5.41) is 11.8. The van der Waals surface area contributed by atoms with Crippen molar-refractivity contribution in [2.45, 2.75) is 42.7 Å². The summed E-state index contributed by atoms with van der Waals surface area (Å²) in [6, 6.07) is 4.29. The maximum absolute atomic E-state index is 11.8. The third kappa shape index (κ3) is 1.74.